The van der Waals surface area contributed by atoms with Gasteiger partial charge in [-0.25, -0.2) is 0 Å². The van der Waals surface area contributed by atoms with E-state index in [2.05, 4.69) is 59.6 Å². The van der Waals surface area contributed by atoms with E-state index in [4.69, 9.17) is 0 Å². The van der Waals surface area contributed by atoms with Gasteiger partial charge in [0.25, 0.3) is 0 Å². The normalized spacial score (nSPS) is 17.3. The Labute approximate surface area is 179 Å². The smallest absolute Gasteiger partial charge is 0.172 e. The molecule has 5 aromatic carbocycles. The molecule has 0 saturated heterocycles. The Morgan fingerprint density at radius 2 is 1.19 bits per heavy atom. The van der Waals surface area contributed by atoms with Crippen LogP contribution in [-0.2, 0) is 4.57 Å². The second-order valence-electron chi connectivity index (χ2n) is 8.25. The lowest BCUT2D eigenvalue weighted by Crippen LogP contribution is -2.20. The average Bonchev–Trinajstić information content (AvgIpc) is 3.30. The fourth-order valence-corrected chi connectivity index (χ4v) is 8.20. The number of fused-ring (bicyclic) bond motifs is 7. The molecule has 1 N–H and O–H groups in total. The maximum absolute atomic E-state index is 14.7. The van der Waals surface area contributed by atoms with Gasteiger partial charge in [-0.2, -0.15) is 0 Å². The summed E-state index contributed by atoms with van der Waals surface area (Å²) in [5.74, 6) is 0. The molecule has 1 aliphatic heterocycles. The summed E-state index contributed by atoms with van der Waals surface area (Å²) in [6.07, 6.45) is 0. The van der Waals surface area contributed by atoms with Crippen LogP contribution in [0.15, 0.2) is 103 Å². The van der Waals surface area contributed by atoms with Crippen LogP contribution in [0.2, 0.25) is 0 Å². The highest BCUT2D eigenvalue weighted by Gasteiger charge is 2.40. The lowest BCUT2D eigenvalue weighted by molar-refractivity contribution is 0.593. The first-order valence-electron chi connectivity index (χ1n) is 10.5. The Kier molecular flexibility index (Phi) is 3.29. The third-order valence-corrected chi connectivity index (χ3v) is 9.72. The molecule has 1 aromatic heterocycles. The molecular weight excluding hydrogens is 397 g/mol. The largest absolute Gasteiger partial charge is 0.354 e. The summed E-state index contributed by atoms with van der Waals surface area (Å²) in [7, 11) is -2.91. The van der Waals surface area contributed by atoms with Gasteiger partial charge in [0.2, 0.25) is 0 Å². The van der Waals surface area contributed by atoms with E-state index in [1.54, 1.807) is 0 Å². The van der Waals surface area contributed by atoms with Crippen molar-refractivity contribution in [3.63, 3.8) is 0 Å². The Morgan fingerprint density at radius 1 is 0.548 bits per heavy atom. The van der Waals surface area contributed by atoms with Crippen molar-refractivity contribution in [2.75, 3.05) is 0 Å². The molecule has 7 rings (SSSR count). The van der Waals surface area contributed by atoms with E-state index >= 15 is 0 Å². The summed E-state index contributed by atoms with van der Waals surface area (Å²) in [5.41, 5.74) is 4.32. The average molecular weight is 415 g/mol. The monoisotopic (exact) mass is 415 g/mol. The number of aromatic nitrogens is 1. The number of rotatable bonds is 1. The van der Waals surface area contributed by atoms with Gasteiger partial charge in [-0.05, 0) is 46.2 Å². The minimum absolute atomic E-state index is 0.891. The molecule has 31 heavy (non-hydrogen) atoms. The molecule has 0 spiro atoms. The molecule has 2 heterocycles. The Bertz CT molecular complexity index is 1710. The maximum Gasteiger partial charge on any atom is 0.172 e. The molecule has 146 valence electrons. The van der Waals surface area contributed by atoms with Crippen LogP contribution >= 0.6 is 7.14 Å². The molecule has 1 atom stereocenters. The number of hydrogen-bond donors (Lipinski definition) is 1. The van der Waals surface area contributed by atoms with E-state index in [1.165, 1.54) is 21.5 Å². The summed E-state index contributed by atoms with van der Waals surface area (Å²) in [6.45, 7) is 0. The van der Waals surface area contributed by atoms with Gasteiger partial charge in [0.1, 0.15) is 0 Å². The molecule has 1 unspecified atom stereocenters. The highest BCUT2D eigenvalue weighted by Crippen LogP contribution is 2.53. The van der Waals surface area contributed by atoms with Crippen LogP contribution in [0.3, 0.4) is 0 Å². The Hall–Kier alpha value is -3.61. The number of hydrogen-bond acceptors (Lipinski definition) is 1. The summed E-state index contributed by atoms with van der Waals surface area (Å²) < 4.78 is 14.7. The first-order chi connectivity index (χ1) is 15.2. The van der Waals surface area contributed by atoms with E-state index in [0.717, 1.165) is 38.1 Å². The lowest BCUT2D eigenvalue weighted by Gasteiger charge is -2.15. The third-order valence-electron chi connectivity index (χ3n) is 6.57. The number of benzene rings is 5. The molecule has 0 saturated carbocycles. The standard InChI is InChI=1S/C28H18NOP/c30-31(20-10-2-1-3-11-20)27-13-7-6-12-21(27)24-16-23-22-14-18-8-4-5-9-19(18)15-25(22)29-26(23)17-28(24)31/h1-17,29H. The summed E-state index contributed by atoms with van der Waals surface area (Å²) in [4.78, 5) is 3.59. The third kappa shape index (κ3) is 2.20. The summed E-state index contributed by atoms with van der Waals surface area (Å²) in [6, 6.07) is 35.3. The van der Waals surface area contributed by atoms with E-state index in [1.807, 2.05) is 48.5 Å². The van der Waals surface area contributed by atoms with Gasteiger partial charge in [-0.3, -0.25) is 0 Å². The highest BCUT2D eigenvalue weighted by atomic mass is 31.2. The second-order valence-corrected chi connectivity index (χ2v) is 10.9. The highest BCUT2D eigenvalue weighted by molar-refractivity contribution is 7.86. The van der Waals surface area contributed by atoms with Crippen molar-refractivity contribution >= 4 is 55.6 Å². The first kappa shape index (κ1) is 17.1. The van der Waals surface area contributed by atoms with Gasteiger partial charge in [0.15, 0.2) is 7.14 Å². The van der Waals surface area contributed by atoms with Crippen molar-refractivity contribution in [1.82, 2.24) is 4.98 Å². The zero-order valence-electron chi connectivity index (χ0n) is 16.7. The first-order valence-corrected chi connectivity index (χ1v) is 12.2. The van der Waals surface area contributed by atoms with Crippen LogP contribution in [0, 0.1) is 0 Å². The summed E-state index contributed by atoms with van der Waals surface area (Å²) >= 11 is 0. The quantitative estimate of drug-likeness (QED) is 0.323. The molecule has 2 nitrogen and oxygen atoms in total. The van der Waals surface area contributed by atoms with Gasteiger partial charge in [-0.1, -0.05) is 78.9 Å². The molecule has 3 heteroatoms. The second kappa shape index (κ2) is 5.97. The van der Waals surface area contributed by atoms with E-state index in [-0.39, 0.29) is 0 Å². The molecule has 0 bridgehead atoms. The molecule has 0 radical (unpaired) electrons. The molecule has 0 amide bonds. The lowest BCUT2D eigenvalue weighted by atomic mass is 10.0. The minimum Gasteiger partial charge on any atom is -0.354 e. The fourth-order valence-electron chi connectivity index (χ4n) is 5.12. The predicted molar refractivity (Wildman–Crippen MR) is 132 cm³/mol. The SMILES string of the molecule is O=P1(c2ccccc2)c2ccccc2-c2cc3c(cc21)[nH]c1cc2ccccc2cc13. The maximum atomic E-state index is 14.7. The van der Waals surface area contributed by atoms with Crippen molar-refractivity contribution in [1.29, 1.82) is 0 Å². The van der Waals surface area contributed by atoms with Gasteiger partial charge >= 0.3 is 0 Å². The minimum atomic E-state index is -2.91. The zero-order valence-corrected chi connectivity index (χ0v) is 17.6. The van der Waals surface area contributed by atoms with Crippen molar-refractivity contribution in [2.45, 2.75) is 0 Å². The van der Waals surface area contributed by atoms with Gasteiger partial charge in [0.05, 0.1) is 0 Å². The zero-order chi connectivity index (χ0) is 20.6. The van der Waals surface area contributed by atoms with Crippen LogP contribution in [0.1, 0.15) is 0 Å². The van der Waals surface area contributed by atoms with E-state index < -0.39 is 7.14 Å². The van der Waals surface area contributed by atoms with Gasteiger partial charge in [0, 0.05) is 37.7 Å². The van der Waals surface area contributed by atoms with Crippen molar-refractivity contribution in [2.24, 2.45) is 0 Å². The van der Waals surface area contributed by atoms with Crippen LogP contribution in [0.5, 0.6) is 0 Å². The van der Waals surface area contributed by atoms with Crippen LogP contribution < -0.4 is 15.9 Å². The Balaban J connectivity index is 1.61. The fraction of sp³-hybridized carbons (Fsp3) is 0. The molecule has 0 fully saturated rings. The van der Waals surface area contributed by atoms with Crippen LogP contribution in [-0.4, -0.2) is 4.98 Å². The van der Waals surface area contributed by atoms with Gasteiger partial charge in [-0.15, -0.1) is 0 Å². The van der Waals surface area contributed by atoms with Crippen molar-refractivity contribution in [3.8, 4) is 11.1 Å². The molecule has 6 aromatic rings. The van der Waals surface area contributed by atoms with E-state index in [9.17, 15) is 4.57 Å². The predicted octanol–water partition coefficient (Wildman–Crippen LogP) is 6.09. The van der Waals surface area contributed by atoms with E-state index in [0.29, 0.717) is 0 Å². The molecule has 0 aliphatic carbocycles. The number of aromatic amines is 1. The van der Waals surface area contributed by atoms with Crippen LogP contribution in [0.25, 0.3) is 43.7 Å². The van der Waals surface area contributed by atoms with Crippen LogP contribution in [0.4, 0.5) is 0 Å². The number of H-pyrrole nitrogens is 1. The number of nitrogens with one attached hydrogen (secondary N) is 1. The topological polar surface area (TPSA) is 32.9 Å². The van der Waals surface area contributed by atoms with Crippen molar-refractivity contribution in [3.05, 3.63) is 103 Å². The molecular formula is C28H18NOP. The Morgan fingerprint density at radius 3 is 2.03 bits per heavy atom. The van der Waals surface area contributed by atoms with Crippen molar-refractivity contribution < 1.29 is 4.57 Å². The molecule has 1 aliphatic rings. The summed E-state index contributed by atoms with van der Waals surface area (Å²) in [5, 5.41) is 7.59. The van der Waals surface area contributed by atoms with Gasteiger partial charge < -0.3 is 9.55 Å².